The highest BCUT2D eigenvalue weighted by Gasteiger charge is 1.97. The lowest BCUT2D eigenvalue weighted by atomic mass is 10.3. The molecule has 0 aliphatic rings. The number of hydrogen-bond donors (Lipinski definition) is 3. The van der Waals surface area contributed by atoms with Crippen LogP contribution in [0.2, 0.25) is 0 Å². The van der Waals surface area contributed by atoms with E-state index in [2.05, 4.69) is 12.6 Å². The normalized spacial score (nSPS) is 11.2. The van der Waals surface area contributed by atoms with Crippen molar-refractivity contribution in [3.05, 3.63) is 54.6 Å². The first kappa shape index (κ1) is 13.8. The van der Waals surface area contributed by atoms with Crippen LogP contribution in [-0.2, 0) is 11.1 Å². The summed E-state index contributed by atoms with van der Waals surface area (Å²) in [5, 5.41) is 0. The van der Waals surface area contributed by atoms with Crippen LogP contribution in [0.1, 0.15) is 0 Å². The van der Waals surface area contributed by atoms with Crippen LogP contribution >= 0.6 is 12.6 Å². The lowest BCUT2D eigenvalue weighted by Gasteiger charge is -1.94. The Bertz CT molecular complexity index is 489. The quantitative estimate of drug-likeness (QED) is 0.423. The molecule has 0 spiro atoms. The molecule has 0 heterocycles. The van der Waals surface area contributed by atoms with Crippen LogP contribution in [0.4, 0.5) is 5.69 Å². The molecule has 0 radical (unpaired) electrons. The number of nitrogen functional groups attached to an aromatic ring is 1. The molecule has 1 atom stereocenters. The standard InChI is InChI=1S/C6H7NO2S.C6H6S/c7-5-2-1-3-6(4-5)10(8)9;7-6-4-2-1-3-5-6/h1-4H,7H2,(H,8,9);1-5,7H. The van der Waals surface area contributed by atoms with Crippen LogP contribution in [0, 0.1) is 0 Å². The van der Waals surface area contributed by atoms with E-state index in [9.17, 15) is 4.21 Å². The molecule has 0 bridgehead atoms. The van der Waals surface area contributed by atoms with Crippen molar-refractivity contribution in [2.75, 3.05) is 5.73 Å². The SMILES string of the molecule is Nc1cccc(S(=O)O)c1.Sc1ccccc1. The maximum Gasteiger partial charge on any atom is 0.186 e. The van der Waals surface area contributed by atoms with Gasteiger partial charge in [0.05, 0.1) is 4.90 Å². The zero-order valence-electron chi connectivity index (χ0n) is 8.98. The minimum atomic E-state index is -1.92. The van der Waals surface area contributed by atoms with Gasteiger partial charge < -0.3 is 10.3 Å². The number of benzene rings is 2. The van der Waals surface area contributed by atoms with Crippen LogP contribution in [0.3, 0.4) is 0 Å². The molecule has 1 unspecified atom stereocenters. The molecule has 3 N–H and O–H groups in total. The Labute approximate surface area is 108 Å². The van der Waals surface area contributed by atoms with E-state index in [1.165, 1.54) is 6.07 Å². The van der Waals surface area contributed by atoms with Crippen molar-refractivity contribution < 1.29 is 8.76 Å². The lowest BCUT2D eigenvalue weighted by Crippen LogP contribution is -1.90. The number of rotatable bonds is 1. The molecule has 5 heteroatoms. The fourth-order valence-electron chi connectivity index (χ4n) is 1.05. The van der Waals surface area contributed by atoms with Crippen LogP contribution in [0.25, 0.3) is 0 Å². The molecule has 0 saturated carbocycles. The predicted octanol–water partition coefficient (Wildman–Crippen LogP) is 2.82. The largest absolute Gasteiger partial charge is 0.399 e. The molecule has 2 aromatic carbocycles. The first-order valence-electron chi connectivity index (χ1n) is 4.80. The van der Waals surface area contributed by atoms with E-state index in [0.717, 1.165) is 4.90 Å². The first-order valence-corrected chi connectivity index (χ1v) is 6.35. The third-order valence-electron chi connectivity index (χ3n) is 1.82. The van der Waals surface area contributed by atoms with Gasteiger partial charge in [-0.15, -0.1) is 12.6 Å². The molecule has 0 aliphatic carbocycles. The molecule has 90 valence electrons. The summed E-state index contributed by atoms with van der Waals surface area (Å²) < 4.78 is 19.0. The molecule has 2 aromatic rings. The lowest BCUT2D eigenvalue weighted by molar-refractivity contribution is 0.564. The fraction of sp³-hybridized carbons (Fsp3) is 0. The smallest absolute Gasteiger partial charge is 0.186 e. The van der Waals surface area contributed by atoms with Gasteiger partial charge in [0, 0.05) is 10.6 Å². The van der Waals surface area contributed by atoms with E-state index in [0.29, 0.717) is 10.6 Å². The fourth-order valence-corrected chi connectivity index (χ4v) is 1.66. The Morgan fingerprint density at radius 2 is 1.71 bits per heavy atom. The van der Waals surface area contributed by atoms with E-state index in [1.807, 2.05) is 30.3 Å². The van der Waals surface area contributed by atoms with Gasteiger partial charge in [0.1, 0.15) is 0 Å². The highest BCUT2D eigenvalue weighted by molar-refractivity contribution is 7.80. The topological polar surface area (TPSA) is 63.3 Å². The summed E-state index contributed by atoms with van der Waals surface area (Å²) in [6.07, 6.45) is 0. The van der Waals surface area contributed by atoms with Gasteiger partial charge in [0.2, 0.25) is 0 Å². The maximum atomic E-state index is 10.4. The molecule has 0 aromatic heterocycles. The molecular formula is C12H13NO2S2. The van der Waals surface area contributed by atoms with Gasteiger partial charge in [0.15, 0.2) is 11.1 Å². The Kier molecular flexibility index (Phi) is 5.76. The Morgan fingerprint density at radius 3 is 2.06 bits per heavy atom. The van der Waals surface area contributed by atoms with Gasteiger partial charge in [0.25, 0.3) is 0 Å². The Morgan fingerprint density at radius 1 is 1.06 bits per heavy atom. The zero-order valence-corrected chi connectivity index (χ0v) is 10.7. The summed E-state index contributed by atoms with van der Waals surface area (Å²) >= 11 is 2.17. The Balaban J connectivity index is 0.000000181. The third kappa shape index (κ3) is 5.53. The molecular weight excluding hydrogens is 254 g/mol. The second-order valence-corrected chi connectivity index (χ2v) is 4.64. The van der Waals surface area contributed by atoms with Crippen molar-refractivity contribution in [3.63, 3.8) is 0 Å². The van der Waals surface area contributed by atoms with Crippen LogP contribution in [-0.4, -0.2) is 8.76 Å². The van der Waals surface area contributed by atoms with Crippen LogP contribution in [0.5, 0.6) is 0 Å². The average molecular weight is 267 g/mol. The summed E-state index contributed by atoms with van der Waals surface area (Å²) in [7, 11) is 0. The van der Waals surface area contributed by atoms with Crippen molar-refractivity contribution in [1.82, 2.24) is 0 Å². The molecule has 3 nitrogen and oxygen atoms in total. The molecule has 0 saturated heterocycles. The second kappa shape index (κ2) is 7.11. The van der Waals surface area contributed by atoms with Crippen molar-refractivity contribution in [1.29, 1.82) is 0 Å². The number of hydrogen-bond acceptors (Lipinski definition) is 3. The number of nitrogens with two attached hydrogens (primary N) is 1. The van der Waals surface area contributed by atoms with Gasteiger partial charge in [-0.1, -0.05) is 24.3 Å². The summed E-state index contributed by atoms with van der Waals surface area (Å²) in [5.41, 5.74) is 5.85. The monoisotopic (exact) mass is 267 g/mol. The summed E-state index contributed by atoms with van der Waals surface area (Å²) in [6, 6.07) is 16.1. The maximum absolute atomic E-state index is 10.4. The summed E-state index contributed by atoms with van der Waals surface area (Å²) in [4.78, 5) is 1.35. The molecule has 0 aliphatic heterocycles. The third-order valence-corrected chi connectivity index (χ3v) is 2.77. The van der Waals surface area contributed by atoms with Gasteiger partial charge in [-0.05, 0) is 30.3 Å². The Hall–Kier alpha value is -1.30. The molecule has 2 rings (SSSR count). The van der Waals surface area contributed by atoms with Crippen molar-refractivity contribution in [2.45, 2.75) is 9.79 Å². The van der Waals surface area contributed by atoms with E-state index in [1.54, 1.807) is 18.2 Å². The number of anilines is 1. The highest BCUT2D eigenvalue weighted by atomic mass is 32.2. The van der Waals surface area contributed by atoms with Crippen molar-refractivity contribution in [2.24, 2.45) is 0 Å². The second-order valence-electron chi connectivity index (χ2n) is 3.16. The minimum absolute atomic E-state index is 0.333. The van der Waals surface area contributed by atoms with Crippen LogP contribution in [0.15, 0.2) is 64.4 Å². The number of thiol groups is 1. The van der Waals surface area contributed by atoms with Crippen molar-refractivity contribution in [3.8, 4) is 0 Å². The zero-order chi connectivity index (χ0) is 12.7. The minimum Gasteiger partial charge on any atom is -0.399 e. The predicted molar refractivity (Wildman–Crippen MR) is 73.6 cm³/mol. The average Bonchev–Trinajstić information content (AvgIpc) is 2.31. The molecule has 17 heavy (non-hydrogen) atoms. The van der Waals surface area contributed by atoms with Crippen LogP contribution < -0.4 is 5.73 Å². The highest BCUT2D eigenvalue weighted by Crippen LogP contribution is 2.08. The molecule has 0 amide bonds. The van der Waals surface area contributed by atoms with Gasteiger partial charge >= 0.3 is 0 Å². The van der Waals surface area contributed by atoms with E-state index in [4.69, 9.17) is 10.3 Å². The van der Waals surface area contributed by atoms with Gasteiger partial charge in [-0.25, -0.2) is 4.21 Å². The molecule has 0 fully saturated rings. The van der Waals surface area contributed by atoms with E-state index in [-0.39, 0.29) is 0 Å². The van der Waals surface area contributed by atoms with E-state index < -0.39 is 11.1 Å². The van der Waals surface area contributed by atoms with Gasteiger partial charge in [-0.2, -0.15) is 0 Å². The van der Waals surface area contributed by atoms with Crippen molar-refractivity contribution >= 4 is 29.4 Å². The van der Waals surface area contributed by atoms with Gasteiger partial charge in [-0.3, -0.25) is 0 Å². The summed E-state index contributed by atoms with van der Waals surface area (Å²) in [5.74, 6) is 0. The first-order chi connectivity index (χ1) is 8.09. The van der Waals surface area contributed by atoms with E-state index >= 15 is 0 Å². The summed E-state index contributed by atoms with van der Waals surface area (Å²) in [6.45, 7) is 0.